The Morgan fingerprint density at radius 2 is 1.69 bits per heavy atom. The number of benzene rings is 2. The van der Waals surface area contributed by atoms with Gasteiger partial charge in [0.2, 0.25) is 10.0 Å². The Kier molecular flexibility index (Phi) is 3.49. The fraction of sp³-hybridized carbons (Fsp3) is 0.118. The van der Waals surface area contributed by atoms with E-state index >= 15 is 0 Å². The van der Waals surface area contributed by atoms with Crippen LogP contribution in [0.3, 0.4) is 0 Å². The zero-order valence-electron chi connectivity index (χ0n) is 16.0. The lowest BCUT2D eigenvalue weighted by Crippen LogP contribution is -2.12. The first-order chi connectivity index (χ1) is 13.3. The van der Waals surface area contributed by atoms with Crippen LogP contribution in [0.5, 0.6) is 0 Å². The third-order valence-corrected chi connectivity index (χ3v) is 4.52. The van der Waals surface area contributed by atoms with Gasteiger partial charge in [-0.15, -0.1) is 0 Å². The molecule has 0 aliphatic carbocycles. The summed E-state index contributed by atoms with van der Waals surface area (Å²) >= 11 is 0. The standard InChI is InChI=1S/C17H14F3N3O2S/c1-11-2-4-12(5-3-11)15-10-16(17(18,19)20)22-23(15)13-6-8-14(9-7-13)26(21,24)25/h2-10H,1H3,(H2,21,24,25)/i1D3. The van der Waals surface area contributed by atoms with Gasteiger partial charge in [-0.2, -0.15) is 18.3 Å². The van der Waals surface area contributed by atoms with Crippen LogP contribution in [-0.2, 0) is 16.2 Å². The third kappa shape index (κ3) is 3.63. The summed E-state index contributed by atoms with van der Waals surface area (Å²) in [6, 6.07) is 11.1. The van der Waals surface area contributed by atoms with Gasteiger partial charge in [0.1, 0.15) is 0 Å². The lowest BCUT2D eigenvalue weighted by molar-refractivity contribution is -0.141. The fourth-order valence-electron chi connectivity index (χ4n) is 2.34. The number of primary sulfonamides is 1. The molecule has 0 aliphatic rings. The molecule has 0 unspecified atom stereocenters. The van der Waals surface area contributed by atoms with E-state index in [4.69, 9.17) is 9.25 Å². The zero-order chi connectivity index (χ0) is 21.6. The summed E-state index contributed by atoms with van der Waals surface area (Å²) < 4.78 is 85.5. The molecule has 136 valence electrons. The van der Waals surface area contributed by atoms with Crippen molar-refractivity contribution in [2.45, 2.75) is 17.9 Å². The second-order valence-electron chi connectivity index (χ2n) is 5.44. The smallest absolute Gasteiger partial charge is 0.233 e. The molecule has 0 spiro atoms. The summed E-state index contributed by atoms with van der Waals surface area (Å²) in [7, 11) is -3.96. The van der Waals surface area contributed by atoms with Gasteiger partial charge in [-0.3, -0.25) is 0 Å². The molecule has 0 saturated heterocycles. The van der Waals surface area contributed by atoms with Gasteiger partial charge in [-0.25, -0.2) is 18.2 Å². The number of hydrogen-bond acceptors (Lipinski definition) is 3. The Labute approximate surface area is 152 Å². The highest BCUT2D eigenvalue weighted by Crippen LogP contribution is 2.33. The van der Waals surface area contributed by atoms with E-state index in [0.29, 0.717) is 5.56 Å². The molecule has 0 atom stereocenters. The highest BCUT2D eigenvalue weighted by molar-refractivity contribution is 7.89. The normalized spacial score (nSPS) is 14.5. The van der Waals surface area contributed by atoms with Gasteiger partial charge in [-0.1, -0.05) is 29.8 Å². The number of rotatable bonds is 3. The largest absolute Gasteiger partial charge is 0.435 e. The van der Waals surface area contributed by atoms with Gasteiger partial charge in [0, 0.05) is 9.68 Å². The average Bonchev–Trinajstić information content (AvgIpc) is 3.06. The number of sulfonamides is 1. The van der Waals surface area contributed by atoms with Crippen LogP contribution in [0, 0.1) is 6.85 Å². The van der Waals surface area contributed by atoms with E-state index in [-0.39, 0.29) is 21.8 Å². The SMILES string of the molecule is [2H]C([2H])([2H])c1ccc(-c2cc(C(F)(F)F)nn2-c2ccc(S(N)(=O)=O)cc2)cc1. The van der Waals surface area contributed by atoms with Crippen LogP contribution in [0.15, 0.2) is 59.5 Å². The number of aromatic nitrogens is 2. The highest BCUT2D eigenvalue weighted by Gasteiger charge is 2.35. The number of alkyl halides is 3. The highest BCUT2D eigenvalue weighted by atomic mass is 32.2. The molecule has 2 N–H and O–H groups in total. The van der Waals surface area contributed by atoms with E-state index in [1.165, 1.54) is 36.4 Å². The van der Waals surface area contributed by atoms with Crippen LogP contribution in [0.4, 0.5) is 13.2 Å². The van der Waals surface area contributed by atoms with E-state index in [0.717, 1.165) is 22.9 Å². The molecule has 2 aromatic carbocycles. The molecule has 0 fully saturated rings. The maximum absolute atomic E-state index is 13.2. The minimum Gasteiger partial charge on any atom is -0.233 e. The van der Waals surface area contributed by atoms with Gasteiger partial charge in [0.15, 0.2) is 5.69 Å². The monoisotopic (exact) mass is 384 g/mol. The summed E-state index contributed by atoms with van der Waals surface area (Å²) in [5, 5.41) is 8.62. The van der Waals surface area contributed by atoms with Gasteiger partial charge >= 0.3 is 6.18 Å². The lowest BCUT2D eigenvalue weighted by Gasteiger charge is -2.09. The minimum atomic E-state index is -4.71. The number of nitrogens with zero attached hydrogens (tertiary/aromatic N) is 2. The van der Waals surface area contributed by atoms with E-state index < -0.39 is 28.7 Å². The third-order valence-electron chi connectivity index (χ3n) is 3.59. The van der Waals surface area contributed by atoms with Crippen LogP contribution in [0.2, 0.25) is 0 Å². The van der Waals surface area contributed by atoms with Crippen LogP contribution < -0.4 is 5.14 Å². The van der Waals surface area contributed by atoms with Crippen molar-refractivity contribution in [1.29, 1.82) is 0 Å². The molecular weight excluding hydrogens is 367 g/mol. The summed E-state index contributed by atoms with van der Waals surface area (Å²) in [6.45, 7) is -2.35. The number of nitrogens with two attached hydrogens (primary N) is 1. The van der Waals surface area contributed by atoms with Gasteiger partial charge in [0.25, 0.3) is 0 Å². The zero-order valence-corrected chi connectivity index (χ0v) is 13.8. The Balaban J connectivity index is 2.13. The van der Waals surface area contributed by atoms with Crippen molar-refractivity contribution in [3.63, 3.8) is 0 Å². The lowest BCUT2D eigenvalue weighted by atomic mass is 10.1. The fourth-order valence-corrected chi connectivity index (χ4v) is 2.86. The predicted octanol–water partition coefficient (Wildman–Crippen LogP) is 3.51. The molecule has 0 aliphatic heterocycles. The molecule has 9 heteroatoms. The maximum atomic E-state index is 13.2. The van der Waals surface area contributed by atoms with E-state index in [2.05, 4.69) is 5.10 Å². The molecule has 0 saturated carbocycles. The van der Waals surface area contributed by atoms with Gasteiger partial charge in [0.05, 0.1) is 16.3 Å². The maximum Gasteiger partial charge on any atom is 0.435 e. The molecule has 3 rings (SSSR count). The second-order valence-corrected chi connectivity index (χ2v) is 7.00. The Morgan fingerprint density at radius 3 is 2.19 bits per heavy atom. The van der Waals surface area contributed by atoms with Gasteiger partial charge in [-0.05, 0) is 37.2 Å². The van der Waals surface area contributed by atoms with E-state index in [1.54, 1.807) is 0 Å². The number of halogens is 3. The van der Waals surface area contributed by atoms with Gasteiger partial charge < -0.3 is 0 Å². The summed E-state index contributed by atoms with van der Waals surface area (Å²) in [5.74, 6) is 0. The molecule has 1 aromatic heterocycles. The molecule has 3 aromatic rings. The Bertz CT molecular complexity index is 1140. The van der Waals surface area contributed by atoms with Crippen molar-refractivity contribution in [2.75, 3.05) is 0 Å². The molecule has 1 heterocycles. The van der Waals surface area contributed by atoms with E-state index in [9.17, 15) is 21.6 Å². The van der Waals surface area contributed by atoms with Crippen molar-refractivity contribution in [2.24, 2.45) is 5.14 Å². The predicted molar refractivity (Wildman–Crippen MR) is 90.1 cm³/mol. The van der Waals surface area contributed by atoms with Crippen LogP contribution in [0.1, 0.15) is 15.4 Å². The summed E-state index contributed by atoms with van der Waals surface area (Å²) in [4.78, 5) is -0.201. The van der Waals surface area contributed by atoms with E-state index in [1.807, 2.05) is 0 Å². The second kappa shape index (κ2) is 6.26. The Hall–Kier alpha value is -2.65. The van der Waals surface area contributed by atoms with Crippen molar-refractivity contribution >= 4 is 10.0 Å². The molecule has 0 radical (unpaired) electrons. The molecule has 26 heavy (non-hydrogen) atoms. The summed E-state index contributed by atoms with van der Waals surface area (Å²) in [5.41, 5.74) is -0.583. The van der Waals surface area contributed by atoms with Crippen molar-refractivity contribution in [3.8, 4) is 16.9 Å². The first-order valence-electron chi connectivity index (χ1n) is 8.68. The topological polar surface area (TPSA) is 78.0 Å². The quantitative estimate of drug-likeness (QED) is 0.751. The molecule has 0 amide bonds. The molecular formula is C17H14F3N3O2S. The summed E-state index contributed by atoms with van der Waals surface area (Å²) in [6.07, 6.45) is -4.71. The van der Waals surface area contributed by atoms with Crippen molar-refractivity contribution in [1.82, 2.24) is 9.78 Å². The number of hydrogen-bond donors (Lipinski definition) is 1. The van der Waals surface area contributed by atoms with Crippen LogP contribution in [-0.4, -0.2) is 18.2 Å². The molecule has 5 nitrogen and oxygen atoms in total. The first-order valence-corrected chi connectivity index (χ1v) is 8.73. The average molecular weight is 384 g/mol. The molecule has 0 bridgehead atoms. The van der Waals surface area contributed by atoms with Crippen molar-refractivity contribution in [3.05, 3.63) is 65.9 Å². The van der Waals surface area contributed by atoms with Crippen LogP contribution >= 0.6 is 0 Å². The first kappa shape index (κ1) is 14.5. The van der Waals surface area contributed by atoms with Crippen molar-refractivity contribution < 1.29 is 25.7 Å². The number of aryl methyl sites for hydroxylation is 1. The van der Waals surface area contributed by atoms with Crippen LogP contribution in [0.25, 0.3) is 16.9 Å². The minimum absolute atomic E-state index is 0.0425. The Morgan fingerprint density at radius 1 is 1.08 bits per heavy atom.